The SMILES string of the molecule is CN1CN(c2cc(Oc3ccc4c5ccccc5n(-c5cc6c(cn5)c5ccccc5n6C)c4c3)cc(C(C)(C)C)c2)c2ccccc21. The van der Waals surface area contributed by atoms with Crippen LogP contribution in [0, 0.1) is 0 Å². The lowest BCUT2D eigenvalue weighted by Crippen LogP contribution is -2.24. The van der Waals surface area contributed by atoms with Crippen LogP contribution in [0.5, 0.6) is 11.5 Å². The van der Waals surface area contributed by atoms with Gasteiger partial charge in [0.05, 0.1) is 34.6 Å². The van der Waals surface area contributed by atoms with E-state index in [0.29, 0.717) is 0 Å². The van der Waals surface area contributed by atoms with Gasteiger partial charge in [-0.1, -0.05) is 69.3 Å². The van der Waals surface area contributed by atoms with E-state index in [-0.39, 0.29) is 5.41 Å². The maximum Gasteiger partial charge on any atom is 0.139 e. The number of ether oxygens (including phenoxy) is 1. The van der Waals surface area contributed by atoms with Crippen molar-refractivity contribution in [2.24, 2.45) is 7.05 Å². The van der Waals surface area contributed by atoms with Crippen molar-refractivity contribution >= 4 is 60.7 Å². The van der Waals surface area contributed by atoms with E-state index in [4.69, 9.17) is 9.72 Å². The number of hydrogen-bond donors (Lipinski definition) is 0. The molecule has 0 radical (unpaired) electrons. The summed E-state index contributed by atoms with van der Waals surface area (Å²) in [5.41, 5.74) is 9.26. The summed E-state index contributed by atoms with van der Waals surface area (Å²) < 4.78 is 11.3. The molecule has 0 fully saturated rings. The molecule has 9 rings (SSSR count). The molecule has 0 bridgehead atoms. The smallest absolute Gasteiger partial charge is 0.139 e. The number of fused-ring (bicyclic) bond motifs is 7. The van der Waals surface area contributed by atoms with Gasteiger partial charge in [-0.2, -0.15) is 0 Å². The Morgan fingerprint density at radius 2 is 1.29 bits per heavy atom. The lowest BCUT2D eigenvalue weighted by molar-refractivity contribution is 0.479. The van der Waals surface area contributed by atoms with Crippen LogP contribution < -0.4 is 14.5 Å². The highest BCUT2D eigenvalue weighted by atomic mass is 16.5. The van der Waals surface area contributed by atoms with Gasteiger partial charge in [0.2, 0.25) is 0 Å². The van der Waals surface area contributed by atoms with Crippen LogP contribution in [0.3, 0.4) is 0 Å². The predicted molar refractivity (Wildman–Crippen MR) is 200 cm³/mol. The highest BCUT2D eigenvalue weighted by Crippen LogP contribution is 2.43. The summed E-state index contributed by atoms with van der Waals surface area (Å²) in [5, 5.41) is 4.72. The second-order valence-corrected chi connectivity index (χ2v) is 14.0. The summed E-state index contributed by atoms with van der Waals surface area (Å²) in [6.07, 6.45) is 2.02. The third-order valence-electron chi connectivity index (χ3n) is 9.90. The fraction of sp³-hybridized carbons (Fsp3) is 0.167. The lowest BCUT2D eigenvalue weighted by Gasteiger charge is -2.25. The Kier molecular flexibility index (Phi) is 6.15. The van der Waals surface area contributed by atoms with E-state index in [1.807, 2.05) is 6.20 Å². The second-order valence-electron chi connectivity index (χ2n) is 14.0. The molecule has 5 aromatic carbocycles. The van der Waals surface area contributed by atoms with E-state index in [2.05, 4.69) is 169 Å². The Labute approximate surface area is 280 Å². The van der Waals surface area contributed by atoms with Crippen molar-refractivity contribution in [3.63, 3.8) is 0 Å². The molecule has 6 nitrogen and oxygen atoms in total. The summed E-state index contributed by atoms with van der Waals surface area (Å²) in [4.78, 5) is 9.70. The predicted octanol–water partition coefficient (Wildman–Crippen LogP) is 10.5. The van der Waals surface area contributed by atoms with Gasteiger partial charge in [0.25, 0.3) is 0 Å². The minimum Gasteiger partial charge on any atom is -0.457 e. The number of nitrogens with zero attached hydrogens (tertiary/aromatic N) is 5. The third-order valence-corrected chi connectivity index (χ3v) is 9.90. The van der Waals surface area contributed by atoms with Crippen molar-refractivity contribution in [2.45, 2.75) is 26.2 Å². The summed E-state index contributed by atoms with van der Waals surface area (Å²) >= 11 is 0. The molecule has 0 atom stereocenters. The molecule has 48 heavy (non-hydrogen) atoms. The van der Waals surface area contributed by atoms with Crippen molar-refractivity contribution in [1.82, 2.24) is 14.1 Å². The van der Waals surface area contributed by atoms with Gasteiger partial charge in [-0.25, -0.2) is 4.98 Å². The molecule has 0 aliphatic carbocycles. The van der Waals surface area contributed by atoms with Gasteiger partial charge in [-0.05, 0) is 59.5 Å². The molecular weight excluding hydrogens is 590 g/mol. The summed E-state index contributed by atoms with van der Waals surface area (Å²) in [6, 6.07) is 40.9. The largest absolute Gasteiger partial charge is 0.457 e. The van der Waals surface area contributed by atoms with Crippen LogP contribution in [0.25, 0.3) is 49.4 Å². The number of anilines is 3. The number of hydrogen-bond acceptors (Lipinski definition) is 4. The Hall–Kier alpha value is -5.75. The number of benzene rings is 5. The molecule has 3 aromatic heterocycles. The Bertz CT molecular complexity index is 2550. The average molecular weight is 628 g/mol. The highest BCUT2D eigenvalue weighted by molar-refractivity contribution is 6.11. The van der Waals surface area contributed by atoms with Gasteiger partial charge in [-0.3, -0.25) is 4.57 Å². The van der Waals surface area contributed by atoms with E-state index >= 15 is 0 Å². The molecule has 6 heteroatoms. The molecule has 0 saturated heterocycles. The molecule has 8 aromatic rings. The minimum atomic E-state index is -0.0539. The van der Waals surface area contributed by atoms with Crippen molar-refractivity contribution in [1.29, 1.82) is 0 Å². The first-order valence-corrected chi connectivity index (χ1v) is 16.5. The van der Waals surface area contributed by atoms with Crippen LogP contribution in [0.2, 0.25) is 0 Å². The van der Waals surface area contributed by atoms with Crippen LogP contribution in [0.4, 0.5) is 17.1 Å². The molecule has 236 valence electrons. The van der Waals surface area contributed by atoms with Gasteiger partial charge < -0.3 is 19.1 Å². The lowest BCUT2D eigenvalue weighted by atomic mass is 9.86. The van der Waals surface area contributed by atoms with Crippen LogP contribution >= 0.6 is 0 Å². The quantitative estimate of drug-likeness (QED) is 0.195. The third kappa shape index (κ3) is 4.36. The first kappa shape index (κ1) is 28.5. The average Bonchev–Trinajstić information content (AvgIpc) is 3.71. The van der Waals surface area contributed by atoms with E-state index in [9.17, 15) is 0 Å². The van der Waals surface area contributed by atoms with Gasteiger partial charge in [0, 0.05) is 71.2 Å². The second kappa shape index (κ2) is 10.4. The summed E-state index contributed by atoms with van der Waals surface area (Å²) in [7, 11) is 4.27. The number of pyridine rings is 1. The molecular formula is C42H37N5O. The first-order valence-electron chi connectivity index (χ1n) is 16.5. The topological polar surface area (TPSA) is 38.5 Å². The van der Waals surface area contributed by atoms with E-state index in [1.54, 1.807) is 0 Å². The standard InChI is InChI=1S/C42H37N5O/c1-42(2,3)27-20-28(46-26-44(4)37-16-10-11-17-38(37)46)22-30(21-27)48-29-18-19-33-31-12-7-9-15-36(31)47(40(33)23-29)41-24-39-34(25-43-41)32-13-6-8-14-35(32)45(39)5/h6-25H,26H2,1-5H3. The maximum absolute atomic E-state index is 6.78. The number of para-hydroxylation sites is 4. The van der Waals surface area contributed by atoms with Gasteiger partial charge >= 0.3 is 0 Å². The molecule has 4 heterocycles. The Balaban J connectivity index is 1.18. The van der Waals surface area contributed by atoms with Crippen LogP contribution in [0.15, 0.2) is 121 Å². The molecule has 0 amide bonds. The molecule has 0 unspecified atom stereocenters. The minimum absolute atomic E-state index is 0.0539. The van der Waals surface area contributed by atoms with Gasteiger partial charge in [0.15, 0.2) is 0 Å². The van der Waals surface area contributed by atoms with Crippen molar-refractivity contribution in [3.8, 4) is 17.3 Å². The molecule has 0 saturated carbocycles. The number of rotatable bonds is 4. The number of aryl methyl sites for hydroxylation is 1. The molecule has 1 aliphatic rings. The molecule has 0 spiro atoms. The van der Waals surface area contributed by atoms with Crippen molar-refractivity contribution < 1.29 is 4.74 Å². The van der Waals surface area contributed by atoms with Crippen molar-refractivity contribution in [2.75, 3.05) is 23.5 Å². The monoisotopic (exact) mass is 627 g/mol. The zero-order chi connectivity index (χ0) is 32.7. The first-order chi connectivity index (χ1) is 23.2. The Morgan fingerprint density at radius 1 is 0.604 bits per heavy atom. The summed E-state index contributed by atoms with van der Waals surface area (Å²) in [6.45, 7) is 7.55. The van der Waals surface area contributed by atoms with E-state index in [1.165, 1.54) is 33.2 Å². The fourth-order valence-corrected chi connectivity index (χ4v) is 7.39. The van der Waals surface area contributed by atoms with Crippen LogP contribution in [-0.4, -0.2) is 27.8 Å². The fourth-order valence-electron chi connectivity index (χ4n) is 7.39. The highest BCUT2D eigenvalue weighted by Gasteiger charge is 2.26. The normalized spacial score (nSPS) is 13.4. The molecule has 1 aliphatic heterocycles. The van der Waals surface area contributed by atoms with Crippen LogP contribution in [-0.2, 0) is 12.5 Å². The molecule has 0 N–H and O–H groups in total. The van der Waals surface area contributed by atoms with Gasteiger partial charge in [-0.15, -0.1) is 0 Å². The zero-order valence-electron chi connectivity index (χ0n) is 27.9. The van der Waals surface area contributed by atoms with E-state index < -0.39 is 0 Å². The summed E-state index contributed by atoms with van der Waals surface area (Å²) in [5.74, 6) is 2.49. The van der Waals surface area contributed by atoms with Gasteiger partial charge in [0.1, 0.15) is 17.3 Å². The Morgan fingerprint density at radius 3 is 2.08 bits per heavy atom. The van der Waals surface area contributed by atoms with Crippen molar-refractivity contribution in [3.05, 3.63) is 127 Å². The van der Waals surface area contributed by atoms with E-state index in [0.717, 1.165) is 57.0 Å². The zero-order valence-corrected chi connectivity index (χ0v) is 27.9. The van der Waals surface area contributed by atoms with Crippen LogP contribution in [0.1, 0.15) is 26.3 Å². The number of aromatic nitrogens is 3. The maximum atomic E-state index is 6.78.